The van der Waals surface area contributed by atoms with Crippen LogP contribution in [0.2, 0.25) is 0 Å². The number of carbonyl (C=O) groups is 1. The van der Waals surface area contributed by atoms with Crippen LogP contribution in [0, 0.1) is 0 Å². The first-order valence-corrected chi connectivity index (χ1v) is 8.68. The fourth-order valence-corrected chi connectivity index (χ4v) is 4.05. The number of rotatable bonds is 4. The molecule has 23 heavy (non-hydrogen) atoms. The van der Waals surface area contributed by atoms with Crippen LogP contribution in [0.25, 0.3) is 32.1 Å². The largest absolute Gasteiger partial charge is 0.550 e. The third-order valence-electron chi connectivity index (χ3n) is 3.43. The number of aromatic nitrogens is 1. The molecule has 0 aliphatic heterocycles. The van der Waals surface area contributed by atoms with Gasteiger partial charge in [-0.15, -0.1) is 11.3 Å². The summed E-state index contributed by atoms with van der Waals surface area (Å²) >= 11 is 3.10. The maximum absolute atomic E-state index is 11.0. The minimum absolute atomic E-state index is 0.289. The van der Waals surface area contributed by atoms with Gasteiger partial charge in [0.05, 0.1) is 4.88 Å². The minimum Gasteiger partial charge on any atom is -0.550 e. The van der Waals surface area contributed by atoms with Crippen LogP contribution in [-0.4, -0.2) is 11.0 Å². The summed E-state index contributed by atoms with van der Waals surface area (Å²) in [5.74, 6) is -0.403. The van der Waals surface area contributed by atoms with E-state index >= 15 is 0 Å². The monoisotopic (exact) mass is 340 g/mol. The van der Waals surface area contributed by atoms with Crippen LogP contribution in [0.4, 0.5) is 0 Å². The molecule has 114 valence electrons. The molecular formula is C17H10NO3S2-. The molecule has 0 spiro atoms. The number of hydrogen-bond acceptors (Lipinski definition) is 6. The van der Waals surface area contributed by atoms with Crippen molar-refractivity contribution in [1.29, 1.82) is 0 Å². The summed E-state index contributed by atoms with van der Waals surface area (Å²) in [7, 11) is 0. The summed E-state index contributed by atoms with van der Waals surface area (Å²) in [4.78, 5) is 16.4. The SMILES string of the molecule is O=C([O-])Cc1oc(-c2cc3ccccc3s2)nc1-c1ccsc1. The van der Waals surface area contributed by atoms with Crippen molar-refractivity contribution >= 4 is 38.7 Å². The first kappa shape index (κ1) is 14.2. The van der Waals surface area contributed by atoms with Crippen molar-refractivity contribution in [2.75, 3.05) is 0 Å². The second-order valence-electron chi connectivity index (χ2n) is 5.00. The zero-order chi connectivity index (χ0) is 15.8. The molecule has 0 radical (unpaired) electrons. The molecule has 3 heterocycles. The maximum atomic E-state index is 11.0. The number of benzene rings is 1. The van der Waals surface area contributed by atoms with Gasteiger partial charge < -0.3 is 14.3 Å². The molecule has 0 unspecified atom stereocenters. The summed E-state index contributed by atoms with van der Waals surface area (Å²) < 4.78 is 6.89. The third kappa shape index (κ3) is 2.67. The highest BCUT2D eigenvalue weighted by Gasteiger charge is 2.18. The van der Waals surface area contributed by atoms with E-state index in [1.54, 1.807) is 11.3 Å². The average molecular weight is 340 g/mol. The van der Waals surface area contributed by atoms with Gasteiger partial charge in [0.25, 0.3) is 0 Å². The van der Waals surface area contributed by atoms with Crippen LogP contribution in [0.3, 0.4) is 0 Å². The molecule has 3 aromatic heterocycles. The molecule has 4 rings (SSSR count). The Bertz CT molecular complexity index is 950. The van der Waals surface area contributed by atoms with Crippen LogP contribution >= 0.6 is 22.7 Å². The topological polar surface area (TPSA) is 66.2 Å². The fraction of sp³-hybridized carbons (Fsp3) is 0.0588. The number of hydrogen-bond donors (Lipinski definition) is 0. The van der Waals surface area contributed by atoms with E-state index in [0.29, 0.717) is 17.3 Å². The van der Waals surface area contributed by atoms with Gasteiger partial charge in [0.2, 0.25) is 5.89 Å². The predicted octanol–water partition coefficient (Wildman–Crippen LogP) is 3.58. The molecule has 0 bridgehead atoms. The van der Waals surface area contributed by atoms with Crippen molar-refractivity contribution in [3.63, 3.8) is 0 Å². The smallest absolute Gasteiger partial charge is 0.237 e. The van der Waals surface area contributed by atoms with Gasteiger partial charge in [-0.1, -0.05) is 18.2 Å². The lowest BCUT2D eigenvalue weighted by molar-refractivity contribution is -0.305. The van der Waals surface area contributed by atoms with Crippen molar-refractivity contribution < 1.29 is 14.3 Å². The summed E-state index contributed by atoms with van der Waals surface area (Å²) in [6.07, 6.45) is -0.289. The number of carboxylic acid groups (broad SMARTS) is 1. The number of oxazole rings is 1. The van der Waals surface area contributed by atoms with Crippen molar-refractivity contribution in [3.05, 3.63) is 52.9 Å². The van der Waals surface area contributed by atoms with E-state index in [-0.39, 0.29) is 6.42 Å². The Morgan fingerprint density at radius 2 is 2.13 bits per heavy atom. The number of carbonyl (C=O) groups excluding carboxylic acids is 1. The Labute approximate surface area is 139 Å². The first-order chi connectivity index (χ1) is 11.2. The van der Waals surface area contributed by atoms with E-state index < -0.39 is 5.97 Å². The average Bonchev–Trinajstić information content (AvgIpc) is 3.25. The molecule has 4 nitrogen and oxygen atoms in total. The molecule has 0 N–H and O–H groups in total. The lowest BCUT2D eigenvalue weighted by Gasteiger charge is -1.99. The maximum Gasteiger partial charge on any atom is 0.237 e. The molecular weight excluding hydrogens is 330 g/mol. The molecule has 0 amide bonds. The Hall–Kier alpha value is -2.44. The highest BCUT2D eigenvalue weighted by atomic mass is 32.1. The van der Waals surface area contributed by atoms with Crippen molar-refractivity contribution in [2.24, 2.45) is 0 Å². The zero-order valence-corrected chi connectivity index (χ0v) is 13.4. The van der Waals surface area contributed by atoms with E-state index in [2.05, 4.69) is 4.98 Å². The molecule has 4 aromatic rings. The van der Waals surface area contributed by atoms with Crippen LogP contribution in [0.15, 0.2) is 51.6 Å². The second kappa shape index (κ2) is 5.64. The summed E-state index contributed by atoms with van der Waals surface area (Å²) in [6, 6.07) is 11.9. The molecule has 0 fully saturated rings. The van der Waals surface area contributed by atoms with E-state index in [9.17, 15) is 9.90 Å². The number of carboxylic acids is 1. The Balaban J connectivity index is 1.84. The van der Waals surface area contributed by atoms with Crippen molar-refractivity contribution in [3.8, 4) is 22.0 Å². The molecule has 1 aromatic carbocycles. The normalized spacial score (nSPS) is 11.1. The van der Waals surface area contributed by atoms with Crippen LogP contribution < -0.4 is 5.11 Å². The summed E-state index contributed by atoms with van der Waals surface area (Å²) in [5.41, 5.74) is 1.44. The molecule has 0 aliphatic rings. The fourth-order valence-electron chi connectivity index (χ4n) is 2.42. The van der Waals surface area contributed by atoms with Gasteiger partial charge >= 0.3 is 0 Å². The molecule has 0 aliphatic carbocycles. The standard InChI is InChI=1S/C17H11NO3S2/c19-15(20)8-12-16(11-5-6-22-9-11)18-17(21-12)14-7-10-3-1-2-4-13(10)23-14/h1-7,9H,8H2,(H,19,20)/p-1. The van der Waals surface area contributed by atoms with E-state index in [4.69, 9.17) is 4.42 Å². The second-order valence-corrected chi connectivity index (χ2v) is 6.86. The third-order valence-corrected chi connectivity index (χ3v) is 5.22. The van der Waals surface area contributed by atoms with Crippen LogP contribution in [-0.2, 0) is 11.2 Å². The van der Waals surface area contributed by atoms with E-state index in [0.717, 1.165) is 20.5 Å². The van der Waals surface area contributed by atoms with Gasteiger partial charge in [-0.3, -0.25) is 0 Å². The minimum atomic E-state index is -1.18. The van der Waals surface area contributed by atoms with E-state index in [1.807, 2.05) is 47.2 Å². The highest BCUT2D eigenvalue weighted by molar-refractivity contribution is 7.22. The van der Waals surface area contributed by atoms with Crippen molar-refractivity contribution in [2.45, 2.75) is 6.42 Å². The van der Waals surface area contributed by atoms with E-state index in [1.165, 1.54) is 11.3 Å². The number of nitrogens with zero attached hydrogens (tertiary/aromatic N) is 1. The van der Waals surface area contributed by atoms with Crippen LogP contribution in [0.1, 0.15) is 5.76 Å². The number of thiophene rings is 2. The molecule has 0 saturated carbocycles. The summed E-state index contributed by atoms with van der Waals surface area (Å²) in [5, 5.41) is 15.9. The highest BCUT2D eigenvalue weighted by Crippen LogP contribution is 2.36. The first-order valence-electron chi connectivity index (χ1n) is 6.92. The van der Waals surface area contributed by atoms with Gasteiger partial charge in [0.15, 0.2) is 0 Å². The van der Waals surface area contributed by atoms with Crippen LogP contribution in [0.5, 0.6) is 0 Å². The molecule has 0 atom stereocenters. The van der Waals surface area contributed by atoms with Gasteiger partial charge in [0.1, 0.15) is 11.5 Å². The summed E-state index contributed by atoms with van der Waals surface area (Å²) in [6.45, 7) is 0. The molecule has 6 heteroatoms. The van der Waals surface area contributed by atoms with Gasteiger partial charge in [-0.2, -0.15) is 11.3 Å². The zero-order valence-electron chi connectivity index (χ0n) is 11.8. The lowest BCUT2D eigenvalue weighted by atomic mass is 10.2. The quantitative estimate of drug-likeness (QED) is 0.569. The van der Waals surface area contributed by atoms with Gasteiger partial charge in [-0.25, -0.2) is 4.98 Å². The lowest BCUT2D eigenvalue weighted by Crippen LogP contribution is -2.24. The molecule has 0 saturated heterocycles. The van der Waals surface area contributed by atoms with Gasteiger partial charge in [-0.05, 0) is 29.0 Å². The van der Waals surface area contributed by atoms with Gasteiger partial charge in [0, 0.05) is 28.0 Å². The van der Waals surface area contributed by atoms with Crippen molar-refractivity contribution in [1.82, 2.24) is 4.98 Å². The number of aliphatic carboxylic acids is 1. The Kier molecular flexibility index (Phi) is 3.48. The predicted molar refractivity (Wildman–Crippen MR) is 89.3 cm³/mol. The Morgan fingerprint density at radius 1 is 1.26 bits per heavy atom. The Morgan fingerprint density at radius 3 is 2.87 bits per heavy atom. The number of fused-ring (bicyclic) bond motifs is 1.